The number of carboxylic acids is 1. The quantitative estimate of drug-likeness (QED) is 0.353. The van der Waals surface area contributed by atoms with E-state index in [1.165, 1.54) is 11.6 Å². The second kappa shape index (κ2) is 10.3. The van der Waals surface area contributed by atoms with Crippen LogP contribution < -0.4 is 15.1 Å². The number of pyridine rings is 2. The van der Waals surface area contributed by atoms with E-state index in [1.54, 1.807) is 10.6 Å². The number of anilines is 2. The van der Waals surface area contributed by atoms with E-state index < -0.39 is 5.97 Å². The van der Waals surface area contributed by atoms with Gasteiger partial charge in [0.1, 0.15) is 5.82 Å². The Kier molecular flexibility index (Phi) is 6.57. The maximum absolute atomic E-state index is 13.5. The molecule has 4 aromatic rings. The highest BCUT2D eigenvalue weighted by molar-refractivity contribution is 5.91. The number of carbonyl (C=O) groups is 2. The minimum absolute atomic E-state index is 0.0122. The highest BCUT2D eigenvalue weighted by Crippen LogP contribution is 2.39. The number of aryl methyl sites for hydroxylation is 1. The number of hydrogen-bond acceptors (Lipinski definition) is 8. The number of carbonyl (C=O) groups excluding carboxylic acids is 1. The lowest BCUT2D eigenvalue weighted by molar-refractivity contribution is -0.132. The third kappa shape index (κ3) is 4.87. The predicted octanol–water partition coefficient (Wildman–Crippen LogP) is 3.32. The van der Waals surface area contributed by atoms with E-state index in [9.17, 15) is 14.7 Å². The van der Waals surface area contributed by atoms with Crippen LogP contribution in [-0.4, -0.2) is 82.0 Å². The van der Waals surface area contributed by atoms with Crippen LogP contribution in [0, 0.1) is 12.3 Å². The molecule has 3 fully saturated rings. The number of carboxylic acid groups (broad SMARTS) is 1. The Morgan fingerprint density at radius 3 is 2.58 bits per heavy atom. The lowest BCUT2D eigenvalue weighted by atomic mass is 9.73. The van der Waals surface area contributed by atoms with E-state index >= 15 is 0 Å². The van der Waals surface area contributed by atoms with Crippen LogP contribution in [0.25, 0.3) is 5.65 Å². The van der Waals surface area contributed by atoms with Gasteiger partial charge in [0.2, 0.25) is 5.82 Å². The molecule has 43 heavy (non-hydrogen) atoms. The van der Waals surface area contributed by atoms with Crippen molar-refractivity contribution in [2.75, 3.05) is 49.2 Å². The fourth-order valence-corrected chi connectivity index (χ4v) is 6.84. The van der Waals surface area contributed by atoms with Gasteiger partial charge in [-0.15, -0.1) is 5.10 Å². The Hall–Kier alpha value is -4.51. The van der Waals surface area contributed by atoms with Crippen molar-refractivity contribution in [1.82, 2.24) is 24.9 Å². The molecule has 3 aliphatic rings. The van der Waals surface area contributed by atoms with E-state index in [0.29, 0.717) is 44.2 Å². The van der Waals surface area contributed by atoms with Gasteiger partial charge in [-0.25, -0.2) is 19.3 Å². The van der Waals surface area contributed by atoms with Crippen LogP contribution in [0.1, 0.15) is 52.0 Å². The first-order valence-electron chi connectivity index (χ1n) is 14.7. The second-order valence-corrected chi connectivity index (χ2v) is 12.5. The van der Waals surface area contributed by atoms with Crippen molar-refractivity contribution in [3.63, 3.8) is 0 Å². The summed E-state index contributed by atoms with van der Waals surface area (Å²) in [5.74, 6) is -0.604. The summed E-state index contributed by atoms with van der Waals surface area (Å²) in [6.07, 6.45) is 3.70. The molecule has 3 aromatic heterocycles. The zero-order chi connectivity index (χ0) is 29.8. The topological polar surface area (TPSA) is 125 Å². The number of hydrogen-bond donors (Lipinski definition) is 2. The number of rotatable bonds is 6. The molecular weight excluding hydrogens is 546 g/mol. The maximum Gasteiger partial charge on any atom is 0.354 e. The first kappa shape index (κ1) is 27.3. The monoisotopic (exact) mass is 581 g/mol. The van der Waals surface area contributed by atoms with Crippen LogP contribution in [0.4, 0.5) is 11.5 Å². The zero-order valence-electron chi connectivity index (χ0n) is 24.4. The van der Waals surface area contributed by atoms with Gasteiger partial charge in [-0.05, 0) is 49.1 Å². The van der Waals surface area contributed by atoms with Crippen LogP contribution >= 0.6 is 0 Å². The zero-order valence-corrected chi connectivity index (χ0v) is 24.4. The fourth-order valence-electron chi connectivity index (χ4n) is 6.84. The van der Waals surface area contributed by atoms with Crippen LogP contribution in [0.5, 0.6) is 0 Å². The number of piperidine rings is 1. The summed E-state index contributed by atoms with van der Waals surface area (Å²) < 4.78 is 7.34. The number of fused-ring (bicyclic) bond motifs is 1. The number of nitrogens with one attached hydrogen (secondary N) is 1. The van der Waals surface area contributed by atoms with E-state index in [4.69, 9.17) is 4.74 Å². The largest absolute Gasteiger partial charge is 0.477 e. The van der Waals surface area contributed by atoms with Crippen LogP contribution in [-0.2, 0) is 10.2 Å². The normalized spacial score (nSPS) is 23.0. The molecule has 3 aliphatic heterocycles. The third-order valence-electron chi connectivity index (χ3n) is 9.41. The highest BCUT2D eigenvalue weighted by atomic mass is 16.5. The summed E-state index contributed by atoms with van der Waals surface area (Å²) in [5, 5.41) is 17.2. The number of benzene rings is 1. The number of aromatic nitrogens is 4. The molecule has 3 saturated heterocycles. The summed E-state index contributed by atoms with van der Waals surface area (Å²) in [6, 6.07) is 17.7. The molecule has 2 atom stereocenters. The van der Waals surface area contributed by atoms with Crippen molar-refractivity contribution in [2.24, 2.45) is 5.41 Å². The van der Waals surface area contributed by atoms with Crippen molar-refractivity contribution >= 4 is 29.0 Å². The van der Waals surface area contributed by atoms with Gasteiger partial charge in [-0.3, -0.25) is 4.79 Å². The maximum atomic E-state index is 13.5. The molecule has 0 bridgehead atoms. The van der Waals surface area contributed by atoms with Crippen molar-refractivity contribution in [1.29, 1.82) is 0 Å². The number of ether oxygens (including phenoxy) is 1. The lowest BCUT2D eigenvalue weighted by Crippen LogP contribution is -2.66. The molecule has 6 heterocycles. The van der Waals surface area contributed by atoms with Crippen LogP contribution in [0.2, 0.25) is 0 Å². The average molecular weight is 582 g/mol. The van der Waals surface area contributed by atoms with E-state index in [2.05, 4.69) is 73.5 Å². The van der Waals surface area contributed by atoms with Crippen LogP contribution in [0.3, 0.4) is 0 Å². The third-order valence-corrected chi connectivity index (χ3v) is 9.41. The molecular formula is C32H35N7O4. The smallest absolute Gasteiger partial charge is 0.354 e. The van der Waals surface area contributed by atoms with Crippen molar-refractivity contribution in [3.8, 4) is 0 Å². The molecule has 11 heteroatoms. The second-order valence-electron chi connectivity index (χ2n) is 12.5. The highest BCUT2D eigenvalue weighted by Gasteiger charge is 2.50. The van der Waals surface area contributed by atoms with E-state index in [1.807, 2.05) is 19.2 Å². The van der Waals surface area contributed by atoms with Gasteiger partial charge in [0.05, 0.1) is 30.5 Å². The Bertz CT molecular complexity index is 1700. The molecule has 2 unspecified atom stereocenters. The van der Waals surface area contributed by atoms with Crippen molar-refractivity contribution in [2.45, 2.75) is 38.1 Å². The Morgan fingerprint density at radius 2 is 1.84 bits per heavy atom. The van der Waals surface area contributed by atoms with Gasteiger partial charge in [0, 0.05) is 37.6 Å². The summed E-state index contributed by atoms with van der Waals surface area (Å²) in [7, 11) is 0. The standard InChI is InChI=1S/C32H35N7O4/c1-21-15-23(37-14-12-31(2,17-37)22-7-4-3-5-8-22)16-39-28(21)35-27(36-39)29(40)34-25-11-13-38(18-32(25)19-43-20-32)26-10-6-9-24(33-26)30(41)42/h3-10,15-16,25H,11-14,17-20H2,1-2H3,(H,34,40)(H,41,42). The van der Waals surface area contributed by atoms with E-state index in [0.717, 1.165) is 30.8 Å². The van der Waals surface area contributed by atoms with Crippen molar-refractivity contribution in [3.05, 3.63) is 83.4 Å². The van der Waals surface area contributed by atoms with Gasteiger partial charge < -0.3 is 25.0 Å². The molecule has 2 N–H and O–H groups in total. The minimum atomic E-state index is -1.06. The Labute approximate surface area is 249 Å². The van der Waals surface area contributed by atoms with Gasteiger partial charge >= 0.3 is 5.97 Å². The molecule has 1 spiro atoms. The lowest BCUT2D eigenvalue weighted by Gasteiger charge is -2.53. The van der Waals surface area contributed by atoms with Crippen LogP contribution in [0.15, 0.2) is 60.8 Å². The van der Waals surface area contributed by atoms with Gasteiger partial charge in [-0.1, -0.05) is 43.3 Å². The average Bonchev–Trinajstić information content (AvgIpc) is 3.62. The van der Waals surface area contributed by atoms with Gasteiger partial charge in [0.15, 0.2) is 11.3 Å². The van der Waals surface area contributed by atoms with Crippen molar-refractivity contribution < 1.29 is 19.4 Å². The Balaban J connectivity index is 1.07. The summed E-state index contributed by atoms with van der Waals surface area (Å²) in [4.78, 5) is 38.3. The minimum Gasteiger partial charge on any atom is -0.477 e. The molecule has 0 radical (unpaired) electrons. The summed E-state index contributed by atoms with van der Waals surface area (Å²) >= 11 is 0. The summed E-state index contributed by atoms with van der Waals surface area (Å²) in [5.41, 5.74) is 3.84. The molecule has 1 amide bonds. The van der Waals surface area contributed by atoms with E-state index in [-0.39, 0.29) is 34.3 Å². The molecule has 1 aromatic carbocycles. The summed E-state index contributed by atoms with van der Waals surface area (Å²) in [6.45, 7) is 8.41. The SMILES string of the molecule is Cc1cc(N2CCC(C)(c3ccccc3)C2)cn2nc(C(=O)NC3CCN(c4cccc(C(=O)O)n4)CC34COC4)nc12. The van der Waals surface area contributed by atoms with Gasteiger partial charge in [-0.2, -0.15) is 0 Å². The van der Waals surface area contributed by atoms with Gasteiger partial charge in [0.25, 0.3) is 5.91 Å². The molecule has 7 rings (SSSR count). The number of amides is 1. The predicted molar refractivity (Wildman–Crippen MR) is 161 cm³/mol. The fraction of sp³-hybridized carbons (Fsp3) is 0.406. The number of aromatic carboxylic acids is 1. The molecule has 0 saturated carbocycles. The number of nitrogens with zero attached hydrogens (tertiary/aromatic N) is 6. The molecule has 222 valence electrons. The Morgan fingerprint density at radius 1 is 1.02 bits per heavy atom. The molecule has 11 nitrogen and oxygen atoms in total. The molecule has 0 aliphatic carbocycles. The first-order valence-corrected chi connectivity index (χ1v) is 14.7. The first-order chi connectivity index (χ1) is 20.7.